The van der Waals surface area contributed by atoms with Crippen molar-refractivity contribution in [2.75, 3.05) is 0 Å². The first-order valence-corrected chi connectivity index (χ1v) is 10.4. The van der Waals surface area contributed by atoms with Gasteiger partial charge in [-0.15, -0.1) is 0 Å². The van der Waals surface area contributed by atoms with Gasteiger partial charge < -0.3 is 4.55 Å². The quantitative estimate of drug-likeness (QED) is 0.377. The molecule has 25 heavy (non-hydrogen) atoms. The molecule has 5 heteroatoms. The van der Waals surface area contributed by atoms with Gasteiger partial charge in [0, 0.05) is 0 Å². The molecule has 0 spiro atoms. The number of aryl methyl sites for hydroxylation is 2. The normalized spacial score (nSPS) is 11.5. The SMILES string of the molecule is CCCCCc1ccc2c(S(=O)(=O)[O-])cccc2c1CCCCC.[K+]. The summed E-state index contributed by atoms with van der Waals surface area (Å²) >= 11 is 0. The summed E-state index contributed by atoms with van der Waals surface area (Å²) in [5.41, 5.74) is 2.52. The van der Waals surface area contributed by atoms with E-state index >= 15 is 0 Å². The topological polar surface area (TPSA) is 57.2 Å². The average molecular weight is 387 g/mol. The van der Waals surface area contributed by atoms with Gasteiger partial charge in [0.05, 0.1) is 4.90 Å². The van der Waals surface area contributed by atoms with E-state index in [1.807, 2.05) is 18.2 Å². The van der Waals surface area contributed by atoms with E-state index in [9.17, 15) is 13.0 Å². The summed E-state index contributed by atoms with van der Waals surface area (Å²) in [5.74, 6) is 0. The van der Waals surface area contributed by atoms with Crippen LogP contribution in [0.3, 0.4) is 0 Å². The zero-order valence-corrected chi connectivity index (χ0v) is 19.6. The first-order valence-electron chi connectivity index (χ1n) is 8.98. The molecule has 0 bridgehead atoms. The third-order valence-electron chi connectivity index (χ3n) is 4.58. The second-order valence-electron chi connectivity index (χ2n) is 6.42. The van der Waals surface area contributed by atoms with E-state index in [0.717, 1.165) is 43.9 Å². The Bertz CT molecular complexity index is 785. The van der Waals surface area contributed by atoms with Gasteiger partial charge in [0.25, 0.3) is 0 Å². The van der Waals surface area contributed by atoms with Gasteiger partial charge in [-0.25, -0.2) is 8.42 Å². The van der Waals surface area contributed by atoms with Gasteiger partial charge in [0.1, 0.15) is 10.1 Å². The minimum atomic E-state index is -4.46. The van der Waals surface area contributed by atoms with Crippen molar-refractivity contribution < 1.29 is 64.4 Å². The van der Waals surface area contributed by atoms with Gasteiger partial charge in [-0.1, -0.05) is 63.8 Å². The summed E-state index contributed by atoms with van der Waals surface area (Å²) in [4.78, 5) is -0.100. The summed E-state index contributed by atoms with van der Waals surface area (Å²) in [6.45, 7) is 4.36. The van der Waals surface area contributed by atoms with Crippen LogP contribution in [0.25, 0.3) is 10.8 Å². The second-order valence-corrected chi connectivity index (χ2v) is 7.77. The van der Waals surface area contributed by atoms with E-state index in [0.29, 0.717) is 5.39 Å². The molecule has 0 radical (unpaired) electrons. The Labute approximate surface area is 194 Å². The fourth-order valence-corrected chi connectivity index (χ4v) is 3.99. The van der Waals surface area contributed by atoms with Crippen molar-refractivity contribution in [2.24, 2.45) is 0 Å². The van der Waals surface area contributed by atoms with Crippen LogP contribution in [0.5, 0.6) is 0 Å². The fraction of sp³-hybridized carbons (Fsp3) is 0.500. The molecule has 0 unspecified atom stereocenters. The van der Waals surface area contributed by atoms with E-state index in [4.69, 9.17) is 0 Å². The van der Waals surface area contributed by atoms with E-state index in [1.54, 1.807) is 6.07 Å². The first-order chi connectivity index (χ1) is 11.5. The van der Waals surface area contributed by atoms with Crippen LogP contribution < -0.4 is 51.4 Å². The van der Waals surface area contributed by atoms with E-state index in [2.05, 4.69) is 13.8 Å². The zero-order chi connectivity index (χ0) is 17.6. The molecule has 0 aliphatic rings. The maximum absolute atomic E-state index is 11.6. The number of benzene rings is 2. The molecule has 2 rings (SSSR count). The van der Waals surface area contributed by atoms with Crippen molar-refractivity contribution in [3.8, 4) is 0 Å². The summed E-state index contributed by atoms with van der Waals surface area (Å²) < 4.78 is 34.7. The predicted octanol–water partition coefficient (Wildman–Crippen LogP) is 2.21. The second kappa shape index (κ2) is 11.2. The molecule has 0 heterocycles. The number of hydrogen-bond acceptors (Lipinski definition) is 3. The van der Waals surface area contributed by atoms with Crippen molar-refractivity contribution in [3.05, 3.63) is 41.5 Å². The Balaban J connectivity index is 0.00000312. The zero-order valence-electron chi connectivity index (χ0n) is 15.7. The van der Waals surface area contributed by atoms with Crippen LogP contribution in [0.1, 0.15) is 63.5 Å². The van der Waals surface area contributed by atoms with Gasteiger partial charge in [-0.3, -0.25) is 0 Å². The Kier molecular flexibility index (Phi) is 10.4. The van der Waals surface area contributed by atoms with E-state index in [1.165, 1.54) is 30.0 Å². The molecular formula is C20H27KO3S. The maximum atomic E-state index is 11.6. The minimum absolute atomic E-state index is 0. The minimum Gasteiger partial charge on any atom is -0.744 e. The molecule has 0 fully saturated rings. The number of rotatable bonds is 9. The first kappa shape index (κ1) is 23.3. The van der Waals surface area contributed by atoms with Crippen LogP contribution in [-0.2, 0) is 23.0 Å². The fourth-order valence-electron chi connectivity index (χ4n) is 3.30. The Hall–Kier alpha value is 0.246. The monoisotopic (exact) mass is 386 g/mol. The van der Waals surface area contributed by atoms with Crippen molar-refractivity contribution in [3.63, 3.8) is 0 Å². The molecule has 0 saturated carbocycles. The Morgan fingerprint density at radius 2 is 1.48 bits per heavy atom. The standard InChI is InChI=1S/C20H28O3S.K/c1-3-5-7-10-16-14-15-19-18(17(16)11-8-6-4-2)12-9-13-20(19)24(21,22)23;/h9,12-15H,3-8,10-11H2,1-2H3,(H,21,22,23);/q;+1/p-1. The third-order valence-corrected chi connectivity index (χ3v) is 5.47. The van der Waals surface area contributed by atoms with Gasteiger partial charge in [-0.2, -0.15) is 0 Å². The molecule has 0 aliphatic carbocycles. The summed E-state index contributed by atoms with van der Waals surface area (Å²) in [7, 11) is -4.46. The van der Waals surface area contributed by atoms with Gasteiger partial charge in [0.2, 0.25) is 0 Å². The molecular weight excluding hydrogens is 359 g/mol. The molecule has 132 valence electrons. The predicted molar refractivity (Wildman–Crippen MR) is 98.4 cm³/mol. The van der Waals surface area contributed by atoms with E-state index < -0.39 is 10.1 Å². The molecule has 0 aliphatic heterocycles. The number of unbranched alkanes of at least 4 members (excludes halogenated alkanes) is 4. The van der Waals surface area contributed by atoms with Gasteiger partial charge in [-0.05, 0) is 53.6 Å². The van der Waals surface area contributed by atoms with Crippen molar-refractivity contribution in [2.45, 2.75) is 70.1 Å². The molecule has 0 amide bonds. The van der Waals surface area contributed by atoms with Crippen molar-refractivity contribution >= 4 is 20.9 Å². The molecule has 0 aromatic heterocycles. The summed E-state index contributed by atoms with van der Waals surface area (Å²) in [5, 5.41) is 1.50. The molecule has 0 N–H and O–H groups in total. The van der Waals surface area contributed by atoms with Crippen LogP contribution in [0.2, 0.25) is 0 Å². The molecule has 0 atom stereocenters. The van der Waals surface area contributed by atoms with E-state index in [-0.39, 0.29) is 56.3 Å². The molecule has 0 saturated heterocycles. The van der Waals surface area contributed by atoms with Crippen LogP contribution in [-0.4, -0.2) is 13.0 Å². The van der Waals surface area contributed by atoms with Crippen LogP contribution in [0, 0.1) is 0 Å². The Morgan fingerprint density at radius 1 is 0.840 bits per heavy atom. The number of fused-ring (bicyclic) bond motifs is 1. The maximum Gasteiger partial charge on any atom is 1.00 e. The van der Waals surface area contributed by atoms with Gasteiger partial charge in [0.15, 0.2) is 0 Å². The molecule has 2 aromatic rings. The van der Waals surface area contributed by atoms with Crippen molar-refractivity contribution in [1.29, 1.82) is 0 Å². The molecule has 3 nitrogen and oxygen atoms in total. The van der Waals surface area contributed by atoms with Crippen LogP contribution >= 0.6 is 0 Å². The largest absolute Gasteiger partial charge is 1.00 e. The van der Waals surface area contributed by atoms with Crippen LogP contribution in [0.15, 0.2) is 35.2 Å². The smallest absolute Gasteiger partial charge is 0.744 e. The molecule has 2 aromatic carbocycles. The Morgan fingerprint density at radius 3 is 2.08 bits per heavy atom. The average Bonchev–Trinajstić information content (AvgIpc) is 2.55. The van der Waals surface area contributed by atoms with Gasteiger partial charge >= 0.3 is 51.4 Å². The van der Waals surface area contributed by atoms with Crippen LogP contribution in [0.4, 0.5) is 0 Å². The third kappa shape index (κ3) is 6.42. The summed E-state index contributed by atoms with van der Waals surface area (Å²) in [6, 6.07) is 8.89. The summed E-state index contributed by atoms with van der Waals surface area (Å²) in [6.07, 6.45) is 8.86. The number of hydrogen-bond donors (Lipinski definition) is 0. The van der Waals surface area contributed by atoms with Crippen molar-refractivity contribution in [1.82, 2.24) is 0 Å².